The molecular formula is C10H14N2O2S. The van der Waals surface area contributed by atoms with Gasteiger partial charge in [-0.25, -0.2) is 8.42 Å². The number of aromatic nitrogens is 1. The first-order valence-electron chi connectivity index (χ1n) is 5.01. The van der Waals surface area contributed by atoms with Crippen molar-refractivity contribution in [3.63, 3.8) is 0 Å². The van der Waals surface area contributed by atoms with E-state index in [0.29, 0.717) is 12.2 Å². The van der Waals surface area contributed by atoms with Crippen LogP contribution in [-0.2, 0) is 15.6 Å². The van der Waals surface area contributed by atoms with Crippen LogP contribution in [-0.4, -0.2) is 31.7 Å². The SMILES string of the molecule is O=S(=O)(Cc1ccccn1)C1CCNC1. The van der Waals surface area contributed by atoms with Gasteiger partial charge in [0.05, 0.1) is 16.7 Å². The number of rotatable bonds is 3. The lowest BCUT2D eigenvalue weighted by Crippen LogP contribution is -2.25. The Morgan fingerprint density at radius 1 is 1.47 bits per heavy atom. The third kappa shape index (κ3) is 2.54. The molecule has 0 spiro atoms. The van der Waals surface area contributed by atoms with E-state index in [9.17, 15) is 8.42 Å². The van der Waals surface area contributed by atoms with Crippen molar-refractivity contribution in [1.29, 1.82) is 0 Å². The highest BCUT2D eigenvalue weighted by Crippen LogP contribution is 2.14. The fraction of sp³-hybridized carbons (Fsp3) is 0.500. The van der Waals surface area contributed by atoms with Crippen molar-refractivity contribution < 1.29 is 8.42 Å². The lowest BCUT2D eigenvalue weighted by molar-refractivity contribution is 0.581. The van der Waals surface area contributed by atoms with E-state index < -0.39 is 9.84 Å². The highest BCUT2D eigenvalue weighted by Gasteiger charge is 2.28. The van der Waals surface area contributed by atoms with E-state index in [1.165, 1.54) is 0 Å². The second kappa shape index (κ2) is 4.28. The number of pyridine rings is 1. The number of sulfone groups is 1. The van der Waals surface area contributed by atoms with Crippen molar-refractivity contribution in [3.8, 4) is 0 Å². The van der Waals surface area contributed by atoms with E-state index in [0.717, 1.165) is 13.0 Å². The molecule has 1 aliphatic rings. The van der Waals surface area contributed by atoms with Crippen molar-refractivity contribution in [2.24, 2.45) is 0 Å². The molecule has 0 aromatic carbocycles. The van der Waals surface area contributed by atoms with Gasteiger partial charge in [-0.1, -0.05) is 6.07 Å². The molecule has 5 heteroatoms. The summed E-state index contributed by atoms with van der Waals surface area (Å²) < 4.78 is 23.8. The minimum absolute atomic E-state index is 0.0557. The smallest absolute Gasteiger partial charge is 0.160 e. The van der Waals surface area contributed by atoms with Gasteiger partial charge in [0, 0.05) is 12.7 Å². The van der Waals surface area contributed by atoms with Crippen LogP contribution in [0.1, 0.15) is 12.1 Å². The minimum Gasteiger partial charge on any atom is -0.315 e. The van der Waals surface area contributed by atoms with Crippen molar-refractivity contribution in [3.05, 3.63) is 30.1 Å². The minimum atomic E-state index is -3.04. The molecule has 1 aliphatic heterocycles. The molecule has 0 amide bonds. The van der Waals surface area contributed by atoms with Gasteiger partial charge in [-0.05, 0) is 25.1 Å². The maximum Gasteiger partial charge on any atom is 0.160 e. The molecule has 15 heavy (non-hydrogen) atoms. The van der Waals surface area contributed by atoms with Gasteiger partial charge in [-0.15, -0.1) is 0 Å². The van der Waals surface area contributed by atoms with Crippen LogP contribution in [0.3, 0.4) is 0 Å². The standard InChI is InChI=1S/C10H14N2O2S/c13-15(14,10-4-6-11-7-10)8-9-3-1-2-5-12-9/h1-3,5,10-11H,4,6-8H2. The molecular weight excluding hydrogens is 212 g/mol. The molecule has 2 heterocycles. The van der Waals surface area contributed by atoms with E-state index in [1.54, 1.807) is 18.3 Å². The molecule has 1 aromatic rings. The summed E-state index contributed by atoms with van der Waals surface area (Å²) in [6.07, 6.45) is 2.34. The Morgan fingerprint density at radius 2 is 2.33 bits per heavy atom. The summed E-state index contributed by atoms with van der Waals surface area (Å²) in [4.78, 5) is 4.04. The van der Waals surface area contributed by atoms with Crippen LogP contribution in [0.15, 0.2) is 24.4 Å². The van der Waals surface area contributed by atoms with Crippen molar-refractivity contribution >= 4 is 9.84 Å². The Hall–Kier alpha value is -0.940. The summed E-state index contributed by atoms with van der Waals surface area (Å²) in [6.45, 7) is 1.38. The summed E-state index contributed by atoms with van der Waals surface area (Å²) in [5.41, 5.74) is 0.629. The topological polar surface area (TPSA) is 59.1 Å². The fourth-order valence-electron chi connectivity index (χ4n) is 1.74. The van der Waals surface area contributed by atoms with Gasteiger partial charge < -0.3 is 5.32 Å². The van der Waals surface area contributed by atoms with Crippen molar-refractivity contribution in [2.45, 2.75) is 17.4 Å². The van der Waals surface area contributed by atoms with E-state index in [1.807, 2.05) is 6.07 Å². The Morgan fingerprint density at radius 3 is 2.93 bits per heavy atom. The largest absolute Gasteiger partial charge is 0.315 e. The van der Waals surface area contributed by atoms with Gasteiger partial charge in [0.25, 0.3) is 0 Å². The molecule has 0 saturated carbocycles. The van der Waals surface area contributed by atoms with Crippen molar-refractivity contribution in [1.82, 2.24) is 10.3 Å². The van der Waals surface area contributed by atoms with Gasteiger partial charge >= 0.3 is 0 Å². The predicted molar refractivity (Wildman–Crippen MR) is 58.1 cm³/mol. The molecule has 0 bridgehead atoms. The molecule has 0 radical (unpaired) electrons. The predicted octanol–water partition coefficient (Wildman–Crippen LogP) is 0.358. The second-order valence-electron chi connectivity index (χ2n) is 3.74. The molecule has 1 fully saturated rings. The lowest BCUT2D eigenvalue weighted by Gasteiger charge is -2.09. The molecule has 2 rings (SSSR count). The van der Waals surface area contributed by atoms with Gasteiger partial charge in [-0.3, -0.25) is 4.98 Å². The number of nitrogens with one attached hydrogen (secondary N) is 1. The molecule has 4 nitrogen and oxygen atoms in total. The first kappa shape index (κ1) is 10.6. The molecule has 1 saturated heterocycles. The van der Waals surface area contributed by atoms with E-state index in [-0.39, 0.29) is 11.0 Å². The first-order valence-corrected chi connectivity index (χ1v) is 6.72. The second-order valence-corrected chi connectivity index (χ2v) is 6.02. The Labute approximate surface area is 89.6 Å². The van der Waals surface area contributed by atoms with Crippen LogP contribution in [0.4, 0.5) is 0 Å². The highest BCUT2D eigenvalue weighted by molar-refractivity contribution is 7.91. The van der Waals surface area contributed by atoms with Crippen LogP contribution in [0.25, 0.3) is 0 Å². The zero-order valence-corrected chi connectivity index (χ0v) is 9.20. The summed E-state index contributed by atoms with van der Waals surface area (Å²) in [5, 5.41) is 2.83. The third-order valence-electron chi connectivity index (χ3n) is 2.60. The summed E-state index contributed by atoms with van der Waals surface area (Å²) in [5.74, 6) is 0.0557. The molecule has 1 unspecified atom stereocenters. The number of nitrogens with zero attached hydrogens (tertiary/aromatic N) is 1. The fourth-order valence-corrected chi connectivity index (χ4v) is 3.41. The average Bonchev–Trinajstić information content (AvgIpc) is 2.71. The summed E-state index contributed by atoms with van der Waals surface area (Å²) >= 11 is 0. The number of hydrogen-bond donors (Lipinski definition) is 1. The van der Waals surface area contributed by atoms with Crippen LogP contribution >= 0.6 is 0 Å². The Balaban J connectivity index is 2.11. The van der Waals surface area contributed by atoms with Crippen LogP contribution in [0.5, 0.6) is 0 Å². The van der Waals surface area contributed by atoms with Gasteiger partial charge in [-0.2, -0.15) is 0 Å². The van der Waals surface area contributed by atoms with Crippen LogP contribution in [0.2, 0.25) is 0 Å². The molecule has 1 N–H and O–H groups in total. The maximum atomic E-state index is 11.9. The Kier molecular flexibility index (Phi) is 3.02. The van der Waals surface area contributed by atoms with E-state index >= 15 is 0 Å². The average molecular weight is 226 g/mol. The summed E-state index contributed by atoms with van der Waals surface area (Å²) in [7, 11) is -3.04. The van der Waals surface area contributed by atoms with E-state index in [4.69, 9.17) is 0 Å². The maximum absolute atomic E-state index is 11.9. The molecule has 1 aromatic heterocycles. The quantitative estimate of drug-likeness (QED) is 0.808. The van der Waals surface area contributed by atoms with Gasteiger partial charge in [0.15, 0.2) is 9.84 Å². The Bertz CT molecular complexity index is 410. The molecule has 0 aliphatic carbocycles. The van der Waals surface area contributed by atoms with Gasteiger partial charge in [0.2, 0.25) is 0 Å². The lowest BCUT2D eigenvalue weighted by atomic mass is 10.4. The molecule has 82 valence electrons. The number of hydrogen-bond acceptors (Lipinski definition) is 4. The normalized spacial score (nSPS) is 21.7. The third-order valence-corrected chi connectivity index (χ3v) is 4.71. The van der Waals surface area contributed by atoms with Gasteiger partial charge in [0.1, 0.15) is 0 Å². The van der Waals surface area contributed by atoms with Crippen molar-refractivity contribution in [2.75, 3.05) is 13.1 Å². The van der Waals surface area contributed by atoms with E-state index in [2.05, 4.69) is 10.3 Å². The zero-order chi connectivity index (χ0) is 10.7. The van der Waals surface area contributed by atoms with Crippen LogP contribution < -0.4 is 5.32 Å². The summed E-state index contributed by atoms with van der Waals surface area (Å²) in [6, 6.07) is 5.35. The monoisotopic (exact) mass is 226 g/mol. The zero-order valence-electron chi connectivity index (χ0n) is 8.39. The first-order chi connectivity index (χ1) is 7.18. The highest BCUT2D eigenvalue weighted by atomic mass is 32.2. The molecule has 1 atom stereocenters. The van der Waals surface area contributed by atoms with Crippen LogP contribution in [0, 0.1) is 0 Å².